The second-order valence-corrected chi connectivity index (χ2v) is 8.84. The Kier molecular flexibility index (Phi) is 3.28. The largest absolute Gasteiger partial charge is 0.299 e. The van der Waals surface area contributed by atoms with Gasteiger partial charge in [0.15, 0.2) is 5.78 Å². The lowest BCUT2D eigenvalue weighted by molar-refractivity contribution is -0.141. The van der Waals surface area contributed by atoms with Gasteiger partial charge in [-0.25, -0.2) is 0 Å². The molecule has 2 nitrogen and oxygen atoms in total. The summed E-state index contributed by atoms with van der Waals surface area (Å²) in [4.78, 5) is 25.1. The number of carbonyl (C=O) groups is 2. The molecule has 6 atom stereocenters. The van der Waals surface area contributed by atoms with Gasteiger partial charge in [0.05, 0.1) is 0 Å². The van der Waals surface area contributed by atoms with Crippen LogP contribution in [0.3, 0.4) is 0 Å². The van der Waals surface area contributed by atoms with Crippen molar-refractivity contribution >= 4 is 11.6 Å². The Bertz CT molecular complexity index is 628. The number of hydrogen-bond acceptors (Lipinski definition) is 2. The Hall–Kier alpha value is -1.18. The van der Waals surface area contributed by atoms with Crippen molar-refractivity contribution in [3.05, 3.63) is 23.8 Å². The molecule has 4 rings (SSSR count). The number of fused-ring (bicyclic) bond motifs is 5. The van der Waals surface area contributed by atoms with Crippen LogP contribution in [0.5, 0.6) is 0 Å². The Labute approximate surface area is 139 Å². The van der Waals surface area contributed by atoms with E-state index in [0.717, 1.165) is 18.4 Å². The molecule has 0 aromatic rings. The highest BCUT2D eigenvalue weighted by Crippen LogP contribution is 2.64. The van der Waals surface area contributed by atoms with Crippen LogP contribution >= 0.6 is 0 Å². The number of allylic oxidation sites excluding steroid dienone is 4. The van der Waals surface area contributed by atoms with Crippen molar-refractivity contribution in [2.75, 3.05) is 0 Å². The SMILES string of the molecule is CC[C@H]1CCC2C3C=CC4=CC(=O)CC[C@]4(C)C3C(=O)C[C@@]21C. The zero-order valence-electron chi connectivity index (χ0n) is 14.6. The first-order valence-electron chi connectivity index (χ1n) is 9.36. The molecule has 0 saturated heterocycles. The van der Waals surface area contributed by atoms with E-state index in [1.165, 1.54) is 19.3 Å². The van der Waals surface area contributed by atoms with Gasteiger partial charge in [-0.1, -0.05) is 39.3 Å². The fourth-order valence-electron chi connectivity index (χ4n) is 6.60. The zero-order chi connectivity index (χ0) is 16.4. The number of Topliss-reactive ketones (excluding diaryl/α,β-unsaturated/α-hetero) is 1. The molecule has 4 aliphatic rings. The normalized spacial score (nSPS) is 48.6. The molecule has 0 bridgehead atoms. The topological polar surface area (TPSA) is 34.1 Å². The first-order chi connectivity index (χ1) is 10.9. The monoisotopic (exact) mass is 312 g/mol. The van der Waals surface area contributed by atoms with Gasteiger partial charge in [-0.15, -0.1) is 0 Å². The van der Waals surface area contributed by atoms with Crippen LogP contribution in [0.2, 0.25) is 0 Å². The summed E-state index contributed by atoms with van der Waals surface area (Å²) in [7, 11) is 0. The van der Waals surface area contributed by atoms with E-state index in [2.05, 4.69) is 32.9 Å². The molecule has 0 N–H and O–H groups in total. The van der Waals surface area contributed by atoms with Gasteiger partial charge in [-0.2, -0.15) is 0 Å². The van der Waals surface area contributed by atoms with E-state index in [-0.39, 0.29) is 22.5 Å². The Morgan fingerprint density at radius 3 is 2.74 bits per heavy atom. The molecule has 2 saturated carbocycles. The summed E-state index contributed by atoms with van der Waals surface area (Å²) in [5, 5.41) is 0. The number of ketones is 2. The van der Waals surface area contributed by atoms with Crippen LogP contribution in [-0.2, 0) is 9.59 Å². The van der Waals surface area contributed by atoms with Crippen molar-refractivity contribution in [3.63, 3.8) is 0 Å². The Morgan fingerprint density at radius 1 is 1.22 bits per heavy atom. The lowest BCUT2D eigenvalue weighted by Crippen LogP contribution is -2.53. The predicted molar refractivity (Wildman–Crippen MR) is 90.8 cm³/mol. The van der Waals surface area contributed by atoms with E-state index in [0.29, 0.717) is 30.0 Å². The van der Waals surface area contributed by atoms with E-state index in [1.807, 2.05) is 0 Å². The van der Waals surface area contributed by atoms with Crippen LogP contribution in [0.4, 0.5) is 0 Å². The lowest BCUT2D eigenvalue weighted by atomic mass is 9.48. The summed E-state index contributed by atoms with van der Waals surface area (Å²) in [6.07, 6.45) is 12.2. The fourth-order valence-corrected chi connectivity index (χ4v) is 6.60. The van der Waals surface area contributed by atoms with Crippen LogP contribution in [-0.4, -0.2) is 11.6 Å². The summed E-state index contributed by atoms with van der Waals surface area (Å²) >= 11 is 0. The van der Waals surface area contributed by atoms with E-state index in [1.54, 1.807) is 6.08 Å². The quantitative estimate of drug-likeness (QED) is 0.714. The second-order valence-electron chi connectivity index (χ2n) is 8.84. The third-order valence-corrected chi connectivity index (χ3v) is 7.90. The Balaban J connectivity index is 1.79. The highest BCUT2D eigenvalue weighted by Gasteiger charge is 2.60. The molecule has 23 heavy (non-hydrogen) atoms. The predicted octanol–water partition coefficient (Wildman–Crippen LogP) is 4.50. The summed E-state index contributed by atoms with van der Waals surface area (Å²) < 4.78 is 0. The third-order valence-electron chi connectivity index (χ3n) is 7.90. The van der Waals surface area contributed by atoms with Gasteiger partial charge in [0, 0.05) is 24.2 Å². The van der Waals surface area contributed by atoms with Crippen LogP contribution in [0.15, 0.2) is 23.8 Å². The maximum absolute atomic E-state index is 13.2. The summed E-state index contributed by atoms with van der Waals surface area (Å²) in [5.41, 5.74) is 1.19. The zero-order valence-corrected chi connectivity index (χ0v) is 14.6. The number of carbonyl (C=O) groups excluding carboxylic acids is 2. The standard InChI is InChI=1S/C21H28O2/c1-4-13-6-8-17-16-7-5-14-11-15(22)9-10-20(14,2)19(16)18(23)12-21(13,17)3/h5,7,11,13,16-17,19H,4,6,8-10,12H2,1-3H3/t13-,16?,17?,19?,20-,21+/m0/s1. The molecular formula is C21H28O2. The van der Waals surface area contributed by atoms with Gasteiger partial charge in [-0.05, 0) is 54.1 Å². The lowest BCUT2D eigenvalue weighted by Gasteiger charge is -2.54. The van der Waals surface area contributed by atoms with Gasteiger partial charge in [-0.3, -0.25) is 9.59 Å². The first-order valence-corrected chi connectivity index (χ1v) is 9.36. The van der Waals surface area contributed by atoms with Crippen molar-refractivity contribution < 1.29 is 9.59 Å². The van der Waals surface area contributed by atoms with Crippen molar-refractivity contribution in [1.82, 2.24) is 0 Å². The minimum absolute atomic E-state index is 0.0977. The van der Waals surface area contributed by atoms with Gasteiger partial charge >= 0.3 is 0 Å². The van der Waals surface area contributed by atoms with E-state index >= 15 is 0 Å². The highest BCUT2D eigenvalue weighted by atomic mass is 16.1. The molecule has 2 heteroatoms. The molecule has 0 radical (unpaired) electrons. The maximum atomic E-state index is 13.2. The van der Waals surface area contributed by atoms with Crippen molar-refractivity contribution in [2.24, 2.45) is 34.5 Å². The van der Waals surface area contributed by atoms with E-state index in [9.17, 15) is 9.59 Å². The molecule has 124 valence electrons. The minimum Gasteiger partial charge on any atom is -0.299 e. The van der Waals surface area contributed by atoms with Crippen molar-refractivity contribution in [3.8, 4) is 0 Å². The van der Waals surface area contributed by atoms with E-state index in [4.69, 9.17) is 0 Å². The molecule has 2 fully saturated rings. The van der Waals surface area contributed by atoms with Gasteiger partial charge < -0.3 is 0 Å². The summed E-state index contributed by atoms with van der Waals surface area (Å²) in [5.74, 6) is 2.50. The van der Waals surface area contributed by atoms with Crippen LogP contribution in [0.25, 0.3) is 0 Å². The average Bonchev–Trinajstić information content (AvgIpc) is 2.83. The van der Waals surface area contributed by atoms with Crippen molar-refractivity contribution in [1.29, 1.82) is 0 Å². The minimum atomic E-state index is -0.115. The Morgan fingerprint density at radius 2 is 2.00 bits per heavy atom. The van der Waals surface area contributed by atoms with Crippen LogP contribution in [0.1, 0.15) is 59.3 Å². The highest BCUT2D eigenvalue weighted by molar-refractivity contribution is 5.93. The number of hydrogen-bond donors (Lipinski definition) is 0. The summed E-state index contributed by atoms with van der Waals surface area (Å²) in [6, 6.07) is 0. The maximum Gasteiger partial charge on any atom is 0.156 e. The molecular weight excluding hydrogens is 284 g/mol. The molecule has 0 spiro atoms. The fraction of sp³-hybridized carbons (Fsp3) is 0.714. The van der Waals surface area contributed by atoms with Crippen LogP contribution in [0, 0.1) is 34.5 Å². The van der Waals surface area contributed by atoms with Crippen LogP contribution < -0.4 is 0 Å². The van der Waals surface area contributed by atoms with Gasteiger partial charge in [0.25, 0.3) is 0 Å². The average molecular weight is 312 g/mol. The second kappa shape index (κ2) is 4.91. The molecule has 3 unspecified atom stereocenters. The van der Waals surface area contributed by atoms with E-state index < -0.39 is 0 Å². The smallest absolute Gasteiger partial charge is 0.156 e. The third kappa shape index (κ3) is 1.93. The first kappa shape index (κ1) is 15.4. The molecule has 0 heterocycles. The van der Waals surface area contributed by atoms with Gasteiger partial charge in [0.1, 0.15) is 5.78 Å². The molecule has 0 aromatic heterocycles. The van der Waals surface area contributed by atoms with Crippen molar-refractivity contribution in [2.45, 2.75) is 59.3 Å². The molecule has 0 amide bonds. The number of rotatable bonds is 1. The molecule has 0 aliphatic heterocycles. The summed E-state index contributed by atoms with van der Waals surface area (Å²) in [6.45, 7) is 6.89. The van der Waals surface area contributed by atoms with Gasteiger partial charge in [0.2, 0.25) is 0 Å². The molecule has 0 aromatic carbocycles. The molecule has 4 aliphatic carbocycles.